The normalized spacial score (nSPS) is 13.5. The van der Waals surface area contributed by atoms with Crippen molar-refractivity contribution < 1.29 is 9.22 Å². The van der Waals surface area contributed by atoms with E-state index in [9.17, 15) is 4.79 Å². The van der Waals surface area contributed by atoms with Crippen LogP contribution in [-0.2, 0) is 9.22 Å². The number of hydrogen-bond acceptors (Lipinski definition) is 2. The molecule has 0 aromatic rings. The Labute approximate surface area is 87.7 Å². The third-order valence-electron chi connectivity index (χ3n) is 2.67. The summed E-state index contributed by atoms with van der Waals surface area (Å²) in [6, 6.07) is 0. The van der Waals surface area contributed by atoms with Crippen LogP contribution in [0.4, 0.5) is 0 Å². The minimum absolute atomic E-state index is 0.0715. The van der Waals surface area contributed by atoms with E-state index in [2.05, 4.69) is 31.9 Å². The second-order valence-corrected chi connectivity index (χ2v) is 8.80. The van der Waals surface area contributed by atoms with Crippen molar-refractivity contribution in [1.82, 2.24) is 5.32 Å². The zero-order chi connectivity index (χ0) is 11.4. The lowest BCUT2D eigenvalue weighted by molar-refractivity contribution is -0.117. The molecule has 1 N–H and O–H groups in total. The van der Waals surface area contributed by atoms with Gasteiger partial charge in [-0.3, -0.25) is 4.79 Å². The average molecular weight is 215 g/mol. The van der Waals surface area contributed by atoms with Gasteiger partial charge in [0.2, 0.25) is 5.91 Å². The van der Waals surface area contributed by atoms with Gasteiger partial charge in [0.25, 0.3) is 0 Å². The van der Waals surface area contributed by atoms with E-state index in [4.69, 9.17) is 4.43 Å². The molecule has 82 valence electrons. The molecule has 0 saturated carbocycles. The molecule has 0 saturated heterocycles. The molecule has 0 aromatic heterocycles. The second kappa shape index (κ2) is 5.31. The topological polar surface area (TPSA) is 38.3 Å². The summed E-state index contributed by atoms with van der Waals surface area (Å²) < 4.78 is 5.46. The van der Waals surface area contributed by atoms with Crippen LogP contribution in [0.25, 0.3) is 0 Å². The lowest BCUT2D eigenvalue weighted by Gasteiger charge is -2.27. The van der Waals surface area contributed by atoms with Crippen molar-refractivity contribution in [2.75, 3.05) is 13.7 Å². The minimum atomic E-state index is -1.63. The Bertz CT molecular complexity index is 226. The third kappa shape index (κ3) is 4.06. The number of hydrogen-bond donors (Lipinski definition) is 1. The molecule has 1 atom stereocenters. The highest BCUT2D eigenvalue weighted by atomic mass is 28.4. The first-order chi connectivity index (χ1) is 6.31. The Morgan fingerprint density at radius 3 is 2.43 bits per heavy atom. The van der Waals surface area contributed by atoms with E-state index in [0.29, 0.717) is 17.7 Å². The lowest BCUT2D eigenvalue weighted by Crippen LogP contribution is -2.40. The molecular weight excluding hydrogens is 194 g/mol. The summed E-state index contributed by atoms with van der Waals surface area (Å²) in [7, 11) is 0.113. The van der Waals surface area contributed by atoms with E-state index < -0.39 is 8.32 Å². The van der Waals surface area contributed by atoms with Crippen molar-refractivity contribution in [2.45, 2.75) is 32.5 Å². The fourth-order valence-corrected chi connectivity index (χ4v) is 1.84. The molecule has 0 fully saturated rings. The van der Waals surface area contributed by atoms with Crippen molar-refractivity contribution >= 4 is 14.2 Å². The molecule has 0 aromatic carbocycles. The van der Waals surface area contributed by atoms with Crippen molar-refractivity contribution in [1.29, 1.82) is 0 Å². The van der Waals surface area contributed by atoms with Crippen LogP contribution in [0.3, 0.4) is 0 Å². The first kappa shape index (κ1) is 13.4. The van der Waals surface area contributed by atoms with Gasteiger partial charge in [-0.15, -0.1) is 0 Å². The zero-order valence-corrected chi connectivity index (χ0v) is 10.8. The number of nitrogens with one attached hydrogen (secondary N) is 1. The minimum Gasteiger partial charge on any atom is -0.420 e. The van der Waals surface area contributed by atoms with E-state index in [1.54, 1.807) is 14.0 Å². The van der Waals surface area contributed by atoms with Crippen molar-refractivity contribution in [3.05, 3.63) is 12.2 Å². The Balaban J connectivity index is 4.03. The standard InChI is InChI=1S/C10H21NO2Si/c1-8(2)10(12)11-7-9(3)14(5,6)13-4/h9H,1,7H2,2-6H3,(H,11,12). The Morgan fingerprint density at radius 1 is 1.57 bits per heavy atom. The molecule has 1 amide bonds. The molecular formula is C10H21NO2Si. The first-order valence-corrected chi connectivity index (χ1v) is 7.78. The highest BCUT2D eigenvalue weighted by Crippen LogP contribution is 2.20. The van der Waals surface area contributed by atoms with E-state index in [-0.39, 0.29) is 5.91 Å². The van der Waals surface area contributed by atoms with E-state index >= 15 is 0 Å². The molecule has 0 aliphatic rings. The molecule has 0 aliphatic heterocycles. The van der Waals surface area contributed by atoms with Crippen LogP contribution in [-0.4, -0.2) is 27.9 Å². The number of amides is 1. The Morgan fingerprint density at radius 2 is 2.07 bits per heavy atom. The van der Waals surface area contributed by atoms with E-state index in [1.807, 2.05) is 0 Å². The summed E-state index contributed by atoms with van der Waals surface area (Å²) in [6.45, 7) is 12.3. The monoisotopic (exact) mass is 215 g/mol. The van der Waals surface area contributed by atoms with Crippen molar-refractivity contribution in [2.24, 2.45) is 0 Å². The predicted octanol–water partition coefficient (Wildman–Crippen LogP) is 1.92. The van der Waals surface area contributed by atoms with E-state index in [0.717, 1.165) is 0 Å². The van der Waals surface area contributed by atoms with Crippen molar-refractivity contribution in [3.8, 4) is 0 Å². The van der Waals surface area contributed by atoms with Gasteiger partial charge in [0.05, 0.1) is 0 Å². The summed E-state index contributed by atoms with van der Waals surface area (Å²) in [6.07, 6.45) is 0. The third-order valence-corrected chi connectivity index (χ3v) is 6.30. The van der Waals surface area contributed by atoms with Gasteiger partial charge in [0.1, 0.15) is 0 Å². The maximum Gasteiger partial charge on any atom is 0.246 e. The smallest absolute Gasteiger partial charge is 0.246 e. The molecule has 0 spiro atoms. The molecule has 1 unspecified atom stereocenters. The highest BCUT2D eigenvalue weighted by molar-refractivity contribution is 6.72. The van der Waals surface area contributed by atoms with Gasteiger partial charge in [0.15, 0.2) is 8.32 Å². The lowest BCUT2D eigenvalue weighted by atomic mass is 10.3. The summed E-state index contributed by atoms with van der Waals surface area (Å²) >= 11 is 0. The zero-order valence-electron chi connectivity index (χ0n) is 9.81. The van der Waals surface area contributed by atoms with Crippen LogP contribution in [0.15, 0.2) is 12.2 Å². The molecule has 0 aliphatic carbocycles. The summed E-state index contributed by atoms with van der Waals surface area (Å²) in [4.78, 5) is 11.2. The average Bonchev–Trinajstić information content (AvgIpc) is 2.13. The molecule has 0 heterocycles. The Hall–Kier alpha value is -0.613. The molecule has 0 rings (SSSR count). The van der Waals surface area contributed by atoms with Gasteiger partial charge in [-0.05, 0) is 25.6 Å². The van der Waals surface area contributed by atoms with Gasteiger partial charge < -0.3 is 9.74 Å². The largest absolute Gasteiger partial charge is 0.420 e. The summed E-state index contributed by atoms with van der Waals surface area (Å²) in [5.74, 6) is -0.0715. The molecule has 0 bridgehead atoms. The molecule has 3 nitrogen and oxygen atoms in total. The van der Waals surface area contributed by atoms with Gasteiger partial charge in [-0.2, -0.15) is 0 Å². The van der Waals surface area contributed by atoms with Crippen LogP contribution < -0.4 is 5.32 Å². The number of carbonyl (C=O) groups excluding carboxylic acids is 1. The van der Waals surface area contributed by atoms with Gasteiger partial charge in [-0.1, -0.05) is 13.5 Å². The van der Waals surface area contributed by atoms with Crippen molar-refractivity contribution in [3.63, 3.8) is 0 Å². The summed E-state index contributed by atoms with van der Waals surface area (Å²) in [5, 5.41) is 2.84. The molecule has 14 heavy (non-hydrogen) atoms. The van der Waals surface area contributed by atoms with Crippen LogP contribution in [0.1, 0.15) is 13.8 Å². The fourth-order valence-electron chi connectivity index (χ4n) is 0.844. The fraction of sp³-hybridized carbons (Fsp3) is 0.700. The van der Waals surface area contributed by atoms with Crippen LogP contribution in [0, 0.1) is 0 Å². The first-order valence-electron chi connectivity index (χ1n) is 4.80. The predicted molar refractivity (Wildman–Crippen MR) is 61.7 cm³/mol. The van der Waals surface area contributed by atoms with Crippen LogP contribution in [0.5, 0.6) is 0 Å². The van der Waals surface area contributed by atoms with Gasteiger partial charge in [0, 0.05) is 19.2 Å². The van der Waals surface area contributed by atoms with Crippen LogP contribution in [0.2, 0.25) is 18.6 Å². The number of rotatable bonds is 5. The van der Waals surface area contributed by atoms with Gasteiger partial charge in [-0.25, -0.2) is 0 Å². The molecule has 4 heteroatoms. The SMILES string of the molecule is C=C(C)C(=O)NCC(C)[Si](C)(C)OC. The highest BCUT2D eigenvalue weighted by Gasteiger charge is 2.28. The molecule has 0 radical (unpaired) electrons. The second-order valence-electron chi connectivity index (χ2n) is 4.20. The Kier molecular flexibility index (Phi) is 5.08. The van der Waals surface area contributed by atoms with Gasteiger partial charge >= 0.3 is 0 Å². The van der Waals surface area contributed by atoms with Crippen LogP contribution >= 0.6 is 0 Å². The van der Waals surface area contributed by atoms with E-state index in [1.165, 1.54) is 0 Å². The maximum atomic E-state index is 11.2. The quantitative estimate of drug-likeness (QED) is 0.562. The summed E-state index contributed by atoms with van der Waals surface area (Å²) in [5.41, 5.74) is 0.949. The maximum absolute atomic E-state index is 11.2. The number of carbonyl (C=O) groups is 1.